The molecule has 5 fully saturated rings. The van der Waals surface area contributed by atoms with E-state index in [0.29, 0.717) is 39.9 Å². The van der Waals surface area contributed by atoms with Gasteiger partial charge in [-0.3, -0.25) is 25.1 Å². The van der Waals surface area contributed by atoms with Crippen LogP contribution in [0.15, 0.2) is 45.8 Å². The maximum absolute atomic E-state index is 13.5. The van der Waals surface area contributed by atoms with Crippen LogP contribution in [-0.4, -0.2) is 26.1 Å². The Morgan fingerprint density at radius 3 is 2.33 bits per heavy atom. The van der Waals surface area contributed by atoms with E-state index >= 15 is 0 Å². The third kappa shape index (κ3) is 5.44. The molecule has 0 radical (unpaired) electrons. The average Bonchev–Trinajstić information content (AvgIpc) is 3.16. The summed E-state index contributed by atoms with van der Waals surface area (Å²) in [6.45, 7) is 0. The van der Waals surface area contributed by atoms with Crippen molar-refractivity contribution in [1.82, 2.24) is 10.4 Å². The third-order valence-electron chi connectivity index (χ3n) is 8.49. The number of nitro benzene ring substituents is 1. The number of carbonyl (C=O) groups is 2. The standard InChI is InChI=1S/C28H23BrF3N3O5S2/c29-19-2-4-21(40-22-3-1-18(28(30,31)32)10-20(22)35(38)39)17(8-19)9-23-24(36)34(26(41)42-23)33-25(37)27-11-14-5-15(12-27)7-16(6-14)13-27/h1-4,8-10,14-16H,5-7,11-13H2,(H,33,37)/b23-9+. The minimum Gasteiger partial charge on any atom is -0.449 e. The Morgan fingerprint density at radius 1 is 1.12 bits per heavy atom. The van der Waals surface area contributed by atoms with Crippen molar-refractivity contribution in [2.24, 2.45) is 23.2 Å². The predicted octanol–water partition coefficient (Wildman–Crippen LogP) is 7.62. The third-order valence-corrected chi connectivity index (χ3v) is 10.3. The zero-order valence-electron chi connectivity index (χ0n) is 21.8. The van der Waals surface area contributed by atoms with Gasteiger partial charge >= 0.3 is 11.9 Å². The van der Waals surface area contributed by atoms with Crippen LogP contribution in [0.5, 0.6) is 11.5 Å². The number of rotatable bonds is 6. The number of carbonyl (C=O) groups excluding carboxylic acids is 2. The van der Waals surface area contributed by atoms with Crippen LogP contribution < -0.4 is 10.2 Å². The van der Waals surface area contributed by atoms with Gasteiger partial charge in [-0.2, -0.15) is 18.2 Å². The van der Waals surface area contributed by atoms with Gasteiger partial charge in [-0.05, 0) is 105 Å². The van der Waals surface area contributed by atoms with Gasteiger partial charge in [0.05, 0.1) is 20.8 Å². The lowest BCUT2D eigenvalue weighted by Crippen LogP contribution is -2.57. The summed E-state index contributed by atoms with van der Waals surface area (Å²) < 4.78 is 45.9. The van der Waals surface area contributed by atoms with Crippen LogP contribution in [0.25, 0.3) is 6.08 Å². The molecule has 1 saturated heterocycles. The van der Waals surface area contributed by atoms with E-state index in [1.165, 1.54) is 31.4 Å². The van der Waals surface area contributed by atoms with Gasteiger partial charge in [-0.1, -0.05) is 27.7 Å². The van der Waals surface area contributed by atoms with Crippen molar-refractivity contribution in [2.75, 3.05) is 0 Å². The molecule has 4 aliphatic carbocycles. The number of amides is 2. The molecule has 4 saturated carbocycles. The summed E-state index contributed by atoms with van der Waals surface area (Å²) in [5.74, 6) is 0.578. The molecule has 1 heterocycles. The van der Waals surface area contributed by atoms with Gasteiger partial charge in [0.25, 0.3) is 5.91 Å². The number of hydrogen-bond donors (Lipinski definition) is 1. The molecule has 1 N–H and O–H groups in total. The summed E-state index contributed by atoms with van der Waals surface area (Å²) >= 11 is 9.75. The zero-order valence-corrected chi connectivity index (χ0v) is 25.0. The Bertz CT molecular complexity index is 1530. The van der Waals surface area contributed by atoms with Crippen LogP contribution in [-0.2, 0) is 15.8 Å². The van der Waals surface area contributed by atoms with E-state index < -0.39 is 39.4 Å². The Balaban J connectivity index is 1.24. The fourth-order valence-corrected chi connectivity index (χ4v) is 8.63. The SMILES string of the molecule is O=C1/C(=C\c2cc(Br)ccc2Oc2ccc(C(F)(F)F)cc2[N+](=O)[O-])SC(=S)N1NC(=O)C12CC3CC(CC(C3)C1)C2. The molecule has 8 nitrogen and oxygen atoms in total. The average molecular weight is 683 g/mol. The highest BCUT2D eigenvalue weighted by Crippen LogP contribution is 2.60. The lowest BCUT2D eigenvalue weighted by molar-refractivity contribution is -0.385. The molecule has 2 aromatic carbocycles. The number of nitrogens with one attached hydrogen (secondary N) is 1. The van der Waals surface area contributed by atoms with E-state index in [1.807, 2.05) is 0 Å². The normalized spacial score (nSPS) is 27.6. The van der Waals surface area contributed by atoms with Crippen molar-refractivity contribution in [3.05, 3.63) is 67.0 Å². The second kappa shape index (κ2) is 10.6. The second-order valence-corrected chi connectivity index (χ2v) is 14.0. The van der Waals surface area contributed by atoms with Crippen molar-refractivity contribution < 1.29 is 32.4 Å². The number of halogens is 4. The summed E-state index contributed by atoms with van der Waals surface area (Å²) in [5.41, 5.74) is 0.571. The highest BCUT2D eigenvalue weighted by Gasteiger charge is 2.55. The monoisotopic (exact) mass is 681 g/mol. The molecule has 2 amide bonds. The number of nitro groups is 1. The molecular formula is C28H23BrF3N3O5S2. The molecule has 0 unspecified atom stereocenters. The molecule has 4 bridgehead atoms. The van der Waals surface area contributed by atoms with Gasteiger partial charge in [0.15, 0.2) is 4.32 Å². The van der Waals surface area contributed by atoms with E-state index in [1.54, 1.807) is 12.1 Å². The number of alkyl halides is 3. The van der Waals surface area contributed by atoms with Gasteiger partial charge in [-0.15, -0.1) is 0 Å². The largest absolute Gasteiger partial charge is 0.449 e. The highest BCUT2D eigenvalue weighted by molar-refractivity contribution is 9.10. The first-order valence-electron chi connectivity index (χ1n) is 13.2. The second-order valence-electron chi connectivity index (χ2n) is 11.4. The number of nitrogens with zero attached hydrogens (tertiary/aromatic N) is 2. The zero-order chi connectivity index (χ0) is 30.0. The molecular weight excluding hydrogens is 659 g/mol. The molecule has 5 aliphatic rings. The Hall–Kier alpha value is -2.97. The maximum Gasteiger partial charge on any atom is 0.416 e. The fraction of sp³-hybridized carbons (Fsp3) is 0.393. The lowest BCUT2D eigenvalue weighted by atomic mass is 9.49. The van der Waals surface area contributed by atoms with Crippen molar-refractivity contribution in [3.8, 4) is 11.5 Å². The summed E-state index contributed by atoms with van der Waals surface area (Å²) in [5, 5.41) is 12.6. The van der Waals surface area contributed by atoms with E-state index in [4.69, 9.17) is 17.0 Å². The molecule has 1 aliphatic heterocycles. The number of hydrogen-bond acceptors (Lipinski definition) is 7. The van der Waals surface area contributed by atoms with Crippen LogP contribution in [0.2, 0.25) is 0 Å². The number of benzene rings is 2. The fourth-order valence-electron chi connectivity index (χ4n) is 7.08. The van der Waals surface area contributed by atoms with Crippen molar-refractivity contribution in [1.29, 1.82) is 0 Å². The van der Waals surface area contributed by atoms with Crippen LogP contribution >= 0.6 is 39.9 Å². The summed E-state index contributed by atoms with van der Waals surface area (Å²) in [7, 11) is 0. The highest BCUT2D eigenvalue weighted by atomic mass is 79.9. The van der Waals surface area contributed by atoms with E-state index in [-0.39, 0.29) is 20.9 Å². The smallest absolute Gasteiger partial charge is 0.416 e. The van der Waals surface area contributed by atoms with E-state index in [0.717, 1.165) is 42.1 Å². The van der Waals surface area contributed by atoms with Gasteiger partial charge < -0.3 is 4.74 Å². The first-order chi connectivity index (χ1) is 19.8. The van der Waals surface area contributed by atoms with Crippen LogP contribution in [0.4, 0.5) is 18.9 Å². The lowest BCUT2D eigenvalue weighted by Gasteiger charge is -2.55. The van der Waals surface area contributed by atoms with Gasteiger partial charge in [0, 0.05) is 16.1 Å². The number of thiocarbonyl (C=S) groups is 1. The van der Waals surface area contributed by atoms with Gasteiger partial charge in [0.2, 0.25) is 11.7 Å². The Morgan fingerprint density at radius 2 is 1.74 bits per heavy atom. The summed E-state index contributed by atoms with van der Waals surface area (Å²) in [4.78, 5) is 37.7. The van der Waals surface area contributed by atoms with Crippen LogP contribution in [0, 0.1) is 33.3 Å². The van der Waals surface area contributed by atoms with Crippen LogP contribution in [0.3, 0.4) is 0 Å². The Kier molecular flexibility index (Phi) is 7.37. The number of ether oxygens (including phenoxy) is 1. The molecule has 2 aromatic rings. The van der Waals surface area contributed by atoms with Crippen LogP contribution in [0.1, 0.15) is 49.7 Å². The predicted molar refractivity (Wildman–Crippen MR) is 156 cm³/mol. The minimum atomic E-state index is -4.77. The van der Waals surface area contributed by atoms with E-state index in [2.05, 4.69) is 21.4 Å². The topological polar surface area (TPSA) is 102 Å². The number of hydrazine groups is 1. The molecule has 220 valence electrons. The molecule has 0 aromatic heterocycles. The summed E-state index contributed by atoms with van der Waals surface area (Å²) in [6, 6.07) is 6.62. The first kappa shape index (κ1) is 29.1. The molecule has 14 heteroatoms. The van der Waals surface area contributed by atoms with Gasteiger partial charge in [-0.25, -0.2) is 0 Å². The minimum absolute atomic E-state index is 0.0592. The van der Waals surface area contributed by atoms with E-state index in [9.17, 15) is 32.9 Å². The number of thioether (sulfide) groups is 1. The van der Waals surface area contributed by atoms with Crippen molar-refractivity contribution in [3.63, 3.8) is 0 Å². The molecule has 0 atom stereocenters. The quantitative estimate of drug-likeness (QED) is 0.145. The van der Waals surface area contributed by atoms with Crippen molar-refractivity contribution in [2.45, 2.75) is 44.7 Å². The molecule has 7 rings (SSSR count). The summed E-state index contributed by atoms with van der Waals surface area (Å²) in [6.07, 6.45) is 2.67. The molecule has 42 heavy (non-hydrogen) atoms. The Labute approximate surface area is 256 Å². The van der Waals surface area contributed by atoms with Gasteiger partial charge in [0.1, 0.15) is 5.75 Å². The van der Waals surface area contributed by atoms with Crippen molar-refractivity contribution >= 4 is 67.8 Å². The molecule has 0 spiro atoms. The maximum atomic E-state index is 13.5. The first-order valence-corrected chi connectivity index (χ1v) is 15.3.